The van der Waals surface area contributed by atoms with Crippen LogP contribution in [0.4, 0.5) is 8.78 Å². The molecule has 1 N–H and O–H groups in total. The van der Waals surface area contributed by atoms with Crippen LogP contribution >= 0.6 is 11.6 Å². The highest BCUT2D eigenvalue weighted by atomic mass is 35.5. The molecule has 2 rings (SSSR count). The van der Waals surface area contributed by atoms with E-state index in [0.717, 1.165) is 6.07 Å². The normalized spacial score (nSPS) is 12.7. The Hall–Kier alpha value is -1.39. The van der Waals surface area contributed by atoms with Crippen molar-refractivity contribution < 1.29 is 13.2 Å². The number of furan rings is 1. The Balaban J connectivity index is 1.99. The van der Waals surface area contributed by atoms with E-state index in [-0.39, 0.29) is 6.04 Å². The molecule has 1 aromatic carbocycles. The van der Waals surface area contributed by atoms with Gasteiger partial charge in [0, 0.05) is 6.04 Å². The maximum atomic E-state index is 13.1. The molecule has 5 heteroatoms. The maximum Gasteiger partial charge on any atom is 0.193 e. The van der Waals surface area contributed by atoms with Crippen LogP contribution in [0, 0.1) is 11.6 Å². The molecule has 0 amide bonds. The summed E-state index contributed by atoms with van der Waals surface area (Å²) in [7, 11) is 0. The first-order valence-electron chi connectivity index (χ1n) is 5.49. The molecule has 0 radical (unpaired) electrons. The van der Waals surface area contributed by atoms with Gasteiger partial charge in [0.15, 0.2) is 16.9 Å². The summed E-state index contributed by atoms with van der Waals surface area (Å²) in [5.74, 6) is -1.000. The molecule has 1 unspecified atom stereocenters. The Morgan fingerprint density at radius 1 is 1.22 bits per heavy atom. The predicted molar refractivity (Wildman–Crippen MR) is 65.3 cm³/mol. The summed E-state index contributed by atoms with van der Waals surface area (Å²) in [5, 5.41) is 3.46. The first-order chi connectivity index (χ1) is 8.56. The zero-order valence-corrected chi connectivity index (χ0v) is 10.5. The highest BCUT2D eigenvalue weighted by Crippen LogP contribution is 2.18. The largest absolute Gasteiger partial charge is 0.448 e. The molecular weight excluding hydrogens is 260 g/mol. The van der Waals surface area contributed by atoms with Crippen LogP contribution in [-0.2, 0) is 6.54 Å². The lowest BCUT2D eigenvalue weighted by Crippen LogP contribution is -2.18. The molecule has 2 aromatic rings. The van der Waals surface area contributed by atoms with E-state index in [9.17, 15) is 8.78 Å². The van der Waals surface area contributed by atoms with Crippen molar-refractivity contribution in [3.63, 3.8) is 0 Å². The molecule has 96 valence electrons. The average Bonchev–Trinajstić information content (AvgIpc) is 2.75. The van der Waals surface area contributed by atoms with Gasteiger partial charge in [0.1, 0.15) is 5.76 Å². The van der Waals surface area contributed by atoms with Gasteiger partial charge in [0.2, 0.25) is 0 Å². The number of nitrogens with one attached hydrogen (secondary N) is 1. The smallest absolute Gasteiger partial charge is 0.193 e. The minimum Gasteiger partial charge on any atom is -0.448 e. The molecule has 0 aliphatic rings. The summed E-state index contributed by atoms with van der Waals surface area (Å²) in [5.41, 5.74) is 0.673. The van der Waals surface area contributed by atoms with E-state index < -0.39 is 11.6 Å². The highest BCUT2D eigenvalue weighted by Gasteiger charge is 2.09. The Bertz CT molecular complexity index is 542. The average molecular weight is 272 g/mol. The van der Waals surface area contributed by atoms with E-state index in [1.807, 2.05) is 6.92 Å². The molecule has 1 aromatic heterocycles. The van der Waals surface area contributed by atoms with Crippen LogP contribution in [-0.4, -0.2) is 0 Å². The maximum absolute atomic E-state index is 13.1. The molecule has 18 heavy (non-hydrogen) atoms. The molecule has 2 nitrogen and oxygen atoms in total. The predicted octanol–water partition coefficient (Wildman–Crippen LogP) is 4.06. The van der Waals surface area contributed by atoms with Crippen LogP contribution in [0.3, 0.4) is 0 Å². The van der Waals surface area contributed by atoms with Crippen LogP contribution in [0.1, 0.15) is 24.3 Å². The monoisotopic (exact) mass is 271 g/mol. The summed E-state index contributed by atoms with van der Waals surface area (Å²) in [6.07, 6.45) is 0. The fourth-order valence-corrected chi connectivity index (χ4v) is 1.76. The third-order valence-electron chi connectivity index (χ3n) is 2.65. The number of hydrogen-bond acceptors (Lipinski definition) is 2. The van der Waals surface area contributed by atoms with E-state index in [1.54, 1.807) is 18.2 Å². The summed E-state index contributed by atoms with van der Waals surface area (Å²) in [6.45, 7) is 2.32. The Kier molecular flexibility index (Phi) is 3.99. The van der Waals surface area contributed by atoms with Crippen molar-refractivity contribution in [2.75, 3.05) is 0 Å². The fraction of sp³-hybridized carbons (Fsp3) is 0.231. The SMILES string of the molecule is CC(NCc1ccc(Cl)o1)c1ccc(F)c(F)c1. The van der Waals surface area contributed by atoms with Crippen molar-refractivity contribution in [2.24, 2.45) is 0 Å². The molecule has 1 heterocycles. The van der Waals surface area contributed by atoms with Crippen LogP contribution in [0.15, 0.2) is 34.7 Å². The number of halogens is 3. The molecule has 0 spiro atoms. The van der Waals surface area contributed by atoms with Gasteiger partial charge in [-0.3, -0.25) is 0 Å². The lowest BCUT2D eigenvalue weighted by Gasteiger charge is -2.13. The van der Waals surface area contributed by atoms with Crippen molar-refractivity contribution in [3.05, 3.63) is 58.5 Å². The highest BCUT2D eigenvalue weighted by molar-refractivity contribution is 6.28. The topological polar surface area (TPSA) is 25.2 Å². The zero-order chi connectivity index (χ0) is 13.1. The lowest BCUT2D eigenvalue weighted by molar-refractivity contribution is 0.458. The van der Waals surface area contributed by atoms with Gasteiger partial charge in [0.25, 0.3) is 0 Å². The second-order valence-electron chi connectivity index (χ2n) is 3.98. The van der Waals surface area contributed by atoms with E-state index in [4.69, 9.17) is 16.0 Å². The van der Waals surface area contributed by atoms with Gasteiger partial charge < -0.3 is 9.73 Å². The van der Waals surface area contributed by atoms with Crippen LogP contribution in [0.25, 0.3) is 0 Å². The molecular formula is C13H12ClF2NO. The van der Waals surface area contributed by atoms with E-state index in [1.165, 1.54) is 6.07 Å². The first-order valence-corrected chi connectivity index (χ1v) is 5.86. The molecule has 0 fully saturated rings. The Morgan fingerprint density at radius 2 is 2.00 bits per heavy atom. The van der Waals surface area contributed by atoms with Crippen LogP contribution in [0.2, 0.25) is 5.22 Å². The van der Waals surface area contributed by atoms with Crippen LogP contribution < -0.4 is 5.32 Å². The minimum absolute atomic E-state index is 0.121. The Labute approximate surface area is 109 Å². The van der Waals surface area contributed by atoms with Gasteiger partial charge >= 0.3 is 0 Å². The van der Waals surface area contributed by atoms with Gasteiger partial charge in [-0.1, -0.05) is 6.07 Å². The van der Waals surface area contributed by atoms with Gasteiger partial charge in [-0.05, 0) is 48.4 Å². The van der Waals surface area contributed by atoms with E-state index >= 15 is 0 Å². The molecule has 1 atom stereocenters. The fourth-order valence-electron chi connectivity index (χ4n) is 1.60. The molecule has 0 saturated carbocycles. The second kappa shape index (κ2) is 5.50. The van der Waals surface area contributed by atoms with Gasteiger partial charge in [-0.25, -0.2) is 8.78 Å². The van der Waals surface area contributed by atoms with Crippen molar-refractivity contribution in [1.29, 1.82) is 0 Å². The summed E-state index contributed by atoms with van der Waals surface area (Å²) in [4.78, 5) is 0. The van der Waals surface area contributed by atoms with Gasteiger partial charge in [-0.2, -0.15) is 0 Å². The van der Waals surface area contributed by atoms with Crippen molar-refractivity contribution in [2.45, 2.75) is 19.5 Å². The second-order valence-corrected chi connectivity index (χ2v) is 4.35. The first kappa shape index (κ1) is 13.1. The zero-order valence-electron chi connectivity index (χ0n) is 9.71. The summed E-state index contributed by atoms with van der Waals surface area (Å²) in [6, 6.07) is 7.14. The van der Waals surface area contributed by atoms with Crippen LogP contribution in [0.5, 0.6) is 0 Å². The quantitative estimate of drug-likeness (QED) is 0.907. The van der Waals surface area contributed by atoms with Crippen molar-refractivity contribution in [1.82, 2.24) is 5.32 Å². The molecule has 0 aliphatic carbocycles. The minimum atomic E-state index is -0.845. The van der Waals surface area contributed by atoms with E-state index in [0.29, 0.717) is 23.1 Å². The summed E-state index contributed by atoms with van der Waals surface area (Å²) >= 11 is 5.65. The van der Waals surface area contributed by atoms with E-state index in [2.05, 4.69) is 5.32 Å². The molecule has 0 bridgehead atoms. The lowest BCUT2D eigenvalue weighted by atomic mass is 10.1. The van der Waals surface area contributed by atoms with Gasteiger partial charge in [0.05, 0.1) is 6.54 Å². The standard InChI is InChI=1S/C13H12ClF2NO/c1-8(9-2-4-11(15)12(16)6-9)17-7-10-3-5-13(14)18-10/h2-6,8,17H,7H2,1H3. The van der Waals surface area contributed by atoms with Crippen molar-refractivity contribution >= 4 is 11.6 Å². The summed E-state index contributed by atoms with van der Waals surface area (Å²) < 4.78 is 31.0. The third-order valence-corrected chi connectivity index (χ3v) is 2.86. The molecule has 0 aliphatic heterocycles. The number of benzene rings is 1. The Morgan fingerprint density at radius 3 is 2.61 bits per heavy atom. The third kappa shape index (κ3) is 3.09. The van der Waals surface area contributed by atoms with Gasteiger partial charge in [-0.15, -0.1) is 0 Å². The number of rotatable bonds is 4. The number of hydrogen-bond donors (Lipinski definition) is 1. The molecule has 0 saturated heterocycles. The van der Waals surface area contributed by atoms with Crippen molar-refractivity contribution in [3.8, 4) is 0 Å².